The summed E-state index contributed by atoms with van der Waals surface area (Å²) in [5.41, 5.74) is 1.70. The van der Waals surface area contributed by atoms with Gasteiger partial charge in [0.25, 0.3) is 0 Å². The summed E-state index contributed by atoms with van der Waals surface area (Å²) in [6, 6.07) is 14.6. The van der Waals surface area contributed by atoms with Crippen molar-refractivity contribution in [3.63, 3.8) is 0 Å². The Balaban J connectivity index is 2.05. The Morgan fingerprint density at radius 3 is 2.24 bits per heavy atom. The van der Waals surface area contributed by atoms with E-state index in [-0.39, 0.29) is 11.7 Å². The lowest BCUT2D eigenvalue weighted by atomic mass is 10.2. The van der Waals surface area contributed by atoms with Gasteiger partial charge < -0.3 is 4.74 Å². The molecule has 0 aliphatic rings. The summed E-state index contributed by atoms with van der Waals surface area (Å²) in [7, 11) is 1.35. The van der Waals surface area contributed by atoms with Crippen molar-refractivity contribution in [1.29, 1.82) is 0 Å². The second-order valence-electron chi connectivity index (χ2n) is 4.99. The van der Waals surface area contributed by atoms with Gasteiger partial charge in [-0.1, -0.05) is 35.0 Å². The molecule has 0 aliphatic heterocycles. The fourth-order valence-corrected chi connectivity index (χ4v) is 3.19. The van der Waals surface area contributed by atoms with Crippen LogP contribution < -0.4 is 0 Å². The molecule has 3 aromatic rings. The van der Waals surface area contributed by atoms with Gasteiger partial charge in [0.15, 0.2) is 11.0 Å². The van der Waals surface area contributed by atoms with Gasteiger partial charge in [-0.15, -0.1) is 10.2 Å². The molecule has 1 heterocycles. The molecular formula is C17H13Cl2N3O2S. The van der Waals surface area contributed by atoms with Crippen molar-refractivity contribution in [3.8, 4) is 17.1 Å². The van der Waals surface area contributed by atoms with E-state index < -0.39 is 0 Å². The first kappa shape index (κ1) is 17.8. The van der Waals surface area contributed by atoms with Gasteiger partial charge in [-0.05, 0) is 48.5 Å². The number of thioether (sulfide) groups is 1. The lowest BCUT2D eigenvalue weighted by Crippen LogP contribution is -2.05. The molecule has 0 amide bonds. The zero-order valence-electron chi connectivity index (χ0n) is 13.1. The Bertz CT molecular complexity index is 880. The third-order valence-corrected chi connectivity index (χ3v) is 4.77. The molecule has 3 rings (SSSR count). The summed E-state index contributed by atoms with van der Waals surface area (Å²) in [4.78, 5) is 11.5. The molecule has 5 nitrogen and oxygen atoms in total. The molecule has 8 heteroatoms. The Morgan fingerprint density at radius 1 is 1.04 bits per heavy atom. The van der Waals surface area contributed by atoms with Crippen LogP contribution in [0.4, 0.5) is 0 Å². The van der Waals surface area contributed by atoms with Crippen molar-refractivity contribution in [2.45, 2.75) is 5.16 Å². The number of halogens is 2. The summed E-state index contributed by atoms with van der Waals surface area (Å²) in [6.07, 6.45) is 0. The third kappa shape index (κ3) is 4.15. The first-order chi connectivity index (χ1) is 12.1. The van der Waals surface area contributed by atoms with Crippen molar-refractivity contribution in [3.05, 3.63) is 58.6 Å². The van der Waals surface area contributed by atoms with Crippen molar-refractivity contribution in [1.82, 2.24) is 14.8 Å². The van der Waals surface area contributed by atoms with Crippen LogP contribution in [0.1, 0.15) is 0 Å². The highest BCUT2D eigenvalue weighted by Gasteiger charge is 2.17. The van der Waals surface area contributed by atoms with Crippen molar-refractivity contribution < 1.29 is 9.53 Å². The predicted molar refractivity (Wildman–Crippen MR) is 99.6 cm³/mol. The minimum atomic E-state index is -0.330. The minimum absolute atomic E-state index is 0.142. The van der Waals surface area contributed by atoms with E-state index in [1.54, 1.807) is 24.3 Å². The molecule has 0 N–H and O–H groups in total. The average molecular weight is 394 g/mol. The van der Waals surface area contributed by atoms with Crippen LogP contribution in [-0.2, 0) is 9.53 Å². The summed E-state index contributed by atoms with van der Waals surface area (Å²) >= 11 is 13.2. The van der Waals surface area contributed by atoms with E-state index in [9.17, 15) is 4.79 Å². The second-order valence-corrected chi connectivity index (χ2v) is 6.81. The van der Waals surface area contributed by atoms with Gasteiger partial charge >= 0.3 is 5.97 Å². The van der Waals surface area contributed by atoms with Crippen LogP contribution in [0.25, 0.3) is 17.1 Å². The van der Waals surface area contributed by atoms with Gasteiger partial charge in [0.05, 0.1) is 12.9 Å². The summed E-state index contributed by atoms with van der Waals surface area (Å²) in [6.45, 7) is 0. The van der Waals surface area contributed by atoms with Gasteiger partial charge in [0, 0.05) is 21.3 Å². The zero-order chi connectivity index (χ0) is 17.8. The van der Waals surface area contributed by atoms with Crippen molar-refractivity contribution >= 4 is 40.9 Å². The van der Waals surface area contributed by atoms with E-state index >= 15 is 0 Å². The Kier molecular flexibility index (Phi) is 5.63. The lowest BCUT2D eigenvalue weighted by Gasteiger charge is -2.10. The molecule has 2 aromatic carbocycles. The van der Waals surface area contributed by atoms with Crippen LogP contribution in [-0.4, -0.2) is 33.6 Å². The van der Waals surface area contributed by atoms with Crippen LogP contribution in [0.5, 0.6) is 0 Å². The maximum absolute atomic E-state index is 11.5. The zero-order valence-corrected chi connectivity index (χ0v) is 15.5. The van der Waals surface area contributed by atoms with Crippen LogP contribution in [0.2, 0.25) is 10.0 Å². The van der Waals surface area contributed by atoms with E-state index in [4.69, 9.17) is 23.2 Å². The first-order valence-corrected chi connectivity index (χ1v) is 8.99. The minimum Gasteiger partial charge on any atom is -0.468 e. The molecule has 0 atom stereocenters. The predicted octanol–water partition coefficient (Wildman–Crippen LogP) is 4.51. The van der Waals surface area contributed by atoms with Crippen molar-refractivity contribution in [2.75, 3.05) is 12.9 Å². The fraction of sp³-hybridized carbons (Fsp3) is 0.118. The monoisotopic (exact) mass is 393 g/mol. The molecule has 0 radical (unpaired) electrons. The van der Waals surface area contributed by atoms with E-state index in [1.807, 2.05) is 28.8 Å². The number of hydrogen-bond acceptors (Lipinski definition) is 5. The number of methoxy groups -OCH3 is 1. The topological polar surface area (TPSA) is 57.0 Å². The maximum atomic E-state index is 11.5. The van der Waals surface area contributed by atoms with Gasteiger partial charge in [0.2, 0.25) is 0 Å². The van der Waals surface area contributed by atoms with Gasteiger partial charge in [-0.2, -0.15) is 0 Å². The Morgan fingerprint density at radius 2 is 1.64 bits per heavy atom. The first-order valence-electron chi connectivity index (χ1n) is 7.25. The number of aromatic nitrogens is 3. The Hall–Kier alpha value is -2.02. The number of benzene rings is 2. The highest BCUT2D eigenvalue weighted by atomic mass is 35.5. The number of carbonyl (C=O) groups excluding carboxylic acids is 1. The average Bonchev–Trinajstić information content (AvgIpc) is 3.05. The highest BCUT2D eigenvalue weighted by Crippen LogP contribution is 2.29. The molecule has 0 bridgehead atoms. The quantitative estimate of drug-likeness (QED) is 0.471. The smallest absolute Gasteiger partial charge is 0.316 e. The highest BCUT2D eigenvalue weighted by molar-refractivity contribution is 7.99. The third-order valence-electron chi connectivity index (χ3n) is 3.37. The molecule has 0 unspecified atom stereocenters. The molecule has 25 heavy (non-hydrogen) atoms. The van der Waals surface area contributed by atoms with E-state index in [0.29, 0.717) is 21.0 Å². The summed E-state index contributed by atoms with van der Waals surface area (Å²) < 4.78 is 6.56. The van der Waals surface area contributed by atoms with Crippen LogP contribution in [0, 0.1) is 0 Å². The molecule has 0 saturated heterocycles. The van der Waals surface area contributed by atoms with E-state index in [2.05, 4.69) is 14.9 Å². The number of rotatable bonds is 5. The number of carbonyl (C=O) groups is 1. The Labute approximate surface area is 158 Å². The van der Waals surface area contributed by atoms with E-state index in [0.717, 1.165) is 11.3 Å². The summed E-state index contributed by atoms with van der Waals surface area (Å²) in [5, 5.41) is 10.4. The molecule has 0 fully saturated rings. The van der Waals surface area contributed by atoms with Gasteiger partial charge in [-0.3, -0.25) is 9.36 Å². The maximum Gasteiger partial charge on any atom is 0.316 e. The van der Waals surface area contributed by atoms with Gasteiger partial charge in [-0.25, -0.2) is 0 Å². The SMILES string of the molecule is COC(=O)CSc1nnc(-c2ccc(Cl)cc2)n1-c1ccc(Cl)cc1. The molecule has 0 saturated carbocycles. The molecular weight excluding hydrogens is 381 g/mol. The molecule has 1 aromatic heterocycles. The number of ether oxygens (including phenoxy) is 1. The normalized spacial score (nSPS) is 10.7. The number of esters is 1. The number of hydrogen-bond donors (Lipinski definition) is 0. The lowest BCUT2D eigenvalue weighted by molar-refractivity contribution is -0.137. The van der Waals surface area contributed by atoms with E-state index in [1.165, 1.54) is 18.9 Å². The van der Waals surface area contributed by atoms with Crippen LogP contribution >= 0.6 is 35.0 Å². The fourth-order valence-electron chi connectivity index (χ4n) is 2.15. The van der Waals surface area contributed by atoms with Crippen LogP contribution in [0.15, 0.2) is 53.7 Å². The molecule has 0 aliphatic carbocycles. The van der Waals surface area contributed by atoms with Crippen LogP contribution in [0.3, 0.4) is 0 Å². The summed E-state index contributed by atoms with van der Waals surface area (Å²) in [5.74, 6) is 0.457. The van der Waals surface area contributed by atoms with Crippen molar-refractivity contribution in [2.24, 2.45) is 0 Å². The standard InChI is InChI=1S/C17H13Cl2N3O2S/c1-24-15(23)10-25-17-21-20-16(11-2-4-12(18)5-3-11)22(17)14-8-6-13(19)7-9-14/h2-9H,10H2,1H3. The van der Waals surface area contributed by atoms with Gasteiger partial charge in [0.1, 0.15) is 0 Å². The molecule has 128 valence electrons. The second kappa shape index (κ2) is 7.91. The molecule has 0 spiro atoms. The number of nitrogens with zero attached hydrogens (tertiary/aromatic N) is 3. The largest absolute Gasteiger partial charge is 0.468 e.